The monoisotopic (exact) mass is 327 g/mol. The Morgan fingerprint density at radius 1 is 0.955 bits per heavy atom. The van der Waals surface area contributed by atoms with E-state index in [1.165, 1.54) is 24.3 Å². The van der Waals surface area contributed by atoms with Gasteiger partial charge in [-0.05, 0) is 17.5 Å². The fourth-order valence-corrected chi connectivity index (χ4v) is 2.62. The Hall–Kier alpha value is -2.39. The first-order valence-electron chi connectivity index (χ1n) is 5.95. The van der Waals surface area contributed by atoms with Gasteiger partial charge in [-0.25, -0.2) is 0 Å². The van der Waals surface area contributed by atoms with Crippen molar-refractivity contribution < 1.29 is 31.1 Å². The first-order chi connectivity index (χ1) is 10.3. The van der Waals surface area contributed by atoms with Crippen molar-refractivity contribution in [2.24, 2.45) is 0 Å². The largest absolute Gasteiger partial charge is 0.363 e. The smallest absolute Gasteiger partial charge is 0.266 e. The van der Waals surface area contributed by atoms with E-state index < -0.39 is 27.7 Å². The van der Waals surface area contributed by atoms with Gasteiger partial charge in [-0.3, -0.25) is 9.59 Å². The minimum absolute atomic E-state index is 0.00262. The van der Waals surface area contributed by atoms with Crippen molar-refractivity contribution in [1.29, 1.82) is 0 Å². The molecule has 2 aromatic carbocycles. The SMILES string of the molecule is O=C1c2cccc3cccc(c23)C(=O)N1OS(=O)(=O)C(F)F. The molecule has 9 heteroatoms. The van der Waals surface area contributed by atoms with Crippen LogP contribution in [0.15, 0.2) is 36.4 Å². The van der Waals surface area contributed by atoms with Crippen molar-refractivity contribution in [2.45, 2.75) is 5.76 Å². The van der Waals surface area contributed by atoms with Gasteiger partial charge in [-0.2, -0.15) is 17.2 Å². The number of imide groups is 1. The van der Waals surface area contributed by atoms with Crippen LogP contribution in [-0.4, -0.2) is 31.1 Å². The fraction of sp³-hybridized carbons (Fsp3) is 0.0769. The van der Waals surface area contributed by atoms with E-state index in [4.69, 9.17) is 0 Å². The Morgan fingerprint density at radius 2 is 1.45 bits per heavy atom. The van der Waals surface area contributed by atoms with E-state index in [1.807, 2.05) is 0 Å². The van der Waals surface area contributed by atoms with E-state index >= 15 is 0 Å². The van der Waals surface area contributed by atoms with Crippen LogP contribution in [0.2, 0.25) is 0 Å². The van der Waals surface area contributed by atoms with Crippen LogP contribution in [-0.2, 0) is 14.4 Å². The number of carbonyl (C=O) groups is 2. The van der Waals surface area contributed by atoms with Crippen LogP contribution in [0.25, 0.3) is 10.8 Å². The number of benzene rings is 2. The van der Waals surface area contributed by atoms with Crippen LogP contribution < -0.4 is 0 Å². The molecule has 0 unspecified atom stereocenters. The molecule has 2 amide bonds. The zero-order valence-electron chi connectivity index (χ0n) is 10.7. The van der Waals surface area contributed by atoms with Gasteiger partial charge in [0.2, 0.25) is 0 Å². The number of hydrogen-bond acceptors (Lipinski definition) is 5. The molecule has 1 heterocycles. The molecule has 0 aromatic heterocycles. The Morgan fingerprint density at radius 3 is 1.91 bits per heavy atom. The zero-order valence-corrected chi connectivity index (χ0v) is 11.5. The van der Waals surface area contributed by atoms with Crippen LogP contribution in [0.1, 0.15) is 20.7 Å². The molecule has 0 fully saturated rings. The molecule has 0 atom stereocenters. The maximum Gasteiger partial charge on any atom is 0.363 e. The number of amides is 2. The predicted molar refractivity (Wildman–Crippen MR) is 70.5 cm³/mol. The lowest BCUT2D eigenvalue weighted by Gasteiger charge is -2.24. The van der Waals surface area contributed by atoms with Crippen LogP contribution in [0, 0.1) is 0 Å². The van der Waals surface area contributed by atoms with E-state index in [0.717, 1.165) is 0 Å². The molecule has 0 saturated carbocycles. The number of nitrogens with zero attached hydrogens (tertiary/aromatic N) is 1. The lowest BCUT2D eigenvalue weighted by Crippen LogP contribution is -2.42. The molecule has 0 spiro atoms. The van der Waals surface area contributed by atoms with Gasteiger partial charge in [0.05, 0.1) is 11.1 Å². The number of alkyl halides is 2. The second-order valence-electron chi connectivity index (χ2n) is 4.44. The molecular weight excluding hydrogens is 320 g/mol. The van der Waals surface area contributed by atoms with Gasteiger partial charge >= 0.3 is 15.9 Å². The molecule has 1 aliphatic rings. The third-order valence-corrected chi connectivity index (χ3v) is 3.92. The van der Waals surface area contributed by atoms with Crippen molar-refractivity contribution in [3.8, 4) is 0 Å². The number of carbonyl (C=O) groups excluding carboxylic acids is 2. The second-order valence-corrected chi connectivity index (χ2v) is 5.93. The summed E-state index contributed by atoms with van der Waals surface area (Å²) in [6, 6.07) is 9.08. The highest BCUT2D eigenvalue weighted by molar-refractivity contribution is 7.87. The summed E-state index contributed by atoms with van der Waals surface area (Å²) in [5.74, 6) is -6.10. The standard InChI is InChI=1S/C13H7F2NO5S/c14-13(15)22(19,20)21-16-11(17)8-5-1-3-7-4-2-6-9(10(7)8)12(16)18/h1-6,13H. The summed E-state index contributed by atoms with van der Waals surface area (Å²) in [6.45, 7) is 0. The molecule has 0 saturated heterocycles. The Labute approximate surface area is 123 Å². The van der Waals surface area contributed by atoms with Crippen LogP contribution in [0.3, 0.4) is 0 Å². The number of hydrogen-bond donors (Lipinski definition) is 0. The minimum Gasteiger partial charge on any atom is -0.266 e. The number of halogens is 2. The molecule has 22 heavy (non-hydrogen) atoms. The normalized spacial score (nSPS) is 15.0. The van der Waals surface area contributed by atoms with E-state index in [2.05, 4.69) is 4.28 Å². The highest BCUT2D eigenvalue weighted by Gasteiger charge is 2.39. The molecular formula is C13H7F2NO5S. The van der Waals surface area contributed by atoms with Crippen LogP contribution in [0.4, 0.5) is 8.78 Å². The van der Waals surface area contributed by atoms with Gasteiger partial charge in [0.25, 0.3) is 11.8 Å². The number of hydroxylamine groups is 2. The average Bonchev–Trinajstić information content (AvgIpc) is 2.48. The molecule has 3 rings (SSSR count). The lowest BCUT2D eigenvalue weighted by molar-refractivity contribution is -0.0199. The van der Waals surface area contributed by atoms with E-state index in [1.54, 1.807) is 12.1 Å². The molecule has 0 bridgehead atoms. The summed E-state index contributed by atoms with van der Waals surface area (Å²) in [7, 11) is -5.38. The van der Waals surface area contributed by atoms with Crippen molar-refractivity contribution >= 4 is 32.7 Å². The number of rotatable bonds is 3. The maximum absolute atomic E-state index is 12.4. The average molecular weight is 327 g/mol. The third-order valence-electron chi connectivity index (χ3n) is 3.13. The van der Waals surface area contributed by atoms with Gasteiger partial charge in [0.15, 0.2) is 0 Å². The summed E-state index contributed by atoms with van der Waals surface area (Å²) >= 11 is 0. The molecule has 0 N–H and O–H groups in total. The summed E-state index contributed by atoms with van der Waals surface area (Å²) < 4.78 is 51.0. The molecule has 1 aliphatic heterocycles. The van der Waals surface area contributed by atoms with Crippen molar-refractivity contribution in [3.63, 3.8) is 0 Å². The van der Waals surface area contributed by atoms with Crippen molar-refractivity contribution in [1.82, 2.24) is 5.06 Å². The maximum atomic E-state index is 12.4. The van der Waals surface area contributed by atoms with E-state index in [-0.39, 0.29) is 16.2 Å². The molecule has 0 radical (unpaired) electrons. The Balaban J connectivity index is 2.16. The second kappa shape index (κ2) is 4.82. The Kier molecular flexibility index (Phi) is 3.18. The zero-order chi connectivity index (χ0) is 16.1. The summed E-state index contributed by atoms with van der Waals surface area (Å²) in [5.41, 5.74) is -0.00525. The first-order valence-corrected chi connectivity index (χ1v) is 7.42. The van der Waals surface area contributed by atoms with E-state index in [0.29, 0.717) is 10.8 Å². The van der Waals surface area contributed by atoms with Crippen LogP contribution in [0.5, 0.6) is 0 Å². The van der Waals surface area contributed by atoms with Crippen molar-refractivity contribution in [3.05, 3.63) is 47.5 Å². The summed E-state index contributed by atoms with van der Waals surface area (Å²) in [6.07, 6.45) is 0. The van der Waals surface area contributed by atoms with Crippen LogP contribution >= 0.6 is 0 Å². The lowest BCUT2D eigenvalue weighted by atomic mass is 9.95. The molecule has 114 valence electrons. The fourth-order valence-electron chi connectivity index (χ4n) is 2.21. The summed E-state index contributed by atoms with van der Waals surface area (Å²) in [4.78, 5) is 24.4. The summed E-state index contributed by atoms with van der Waals surface area (Å²) in [5, 5.41) is 0.765. The van der Waals surface area contributed by atoms with Crippen molar-refractivity contribution in [2.75, 3.05) is 0 Å². The van der Waals surface area contributed by atoms with Gasteiger partial charge in [-0.15, -0.1) is 9.35 Å². The molecule has 2 aromatic rings. The van der Waals surface area contributed by atoms with E-state index in [9.17, 15) is 26.8 Å². The third kappa shape index (κ3) is 2.06. The van der Waals surface area contributed by atoms with Gasteiger partial charge < -0.3 is 0 Å². The first kappa shape index (κ1) is 14.5. The van der Waals surface area contributed by atoms with Gasteiger partial charge in [0, 0.05) is 5.39 Å². The molecule has 0 aliphatic carbocycles. The van der Waals surface area contributed by atoms with Gasteiger partial charge in [0.1, 0.15) is 0 Å². The topological polar surface area (TPSA) is 80.8 Å². The highest BCUT2D eigenvalue weighted by Crippen LogP contribution is 2.30. The quantitative estimate of drug-likeness (QED) is 0.805. The highest BCUT2D eigenvalue weighted by atomic mass is 32.2. The van der Waals surface area contributed by atoms with Gasteiger partial charge in [-0.1, -0.05) is 24.3 Å². The molecule has 6 nitrogen and oxygen atoms in total. The Bertz CT molecular complexity index is 859. The predicted octanol–water partition coefficient (Wildman–Crippen LogP) is 1.92. The minimum atomic E-state index is -5.38.